The van der Waals surface area contributed by atoms with Crippen molar-refractivity contribution < 1.29 is 37.0 Å². The molecule has 1 amide bonds. The average Bonchev–Trinajstić information content (AvgIpc) is 2.70. The number of alkyl halides is 3. The number of hydrogen-bond donors (Lipinski definition) is 1. The number of benzene rings is 2. The molecule has 0 aliphatic carbocycles. The number of ether oxygens (including phenoxy) is 3. The summed E-state index contributed by atoms with van der Waals surface area (Å²) < 4.78 is 52.8. The van der Waals surface area contributed by atoms with Crippen LogP contribution in [0.25, 0.3) is 0 Å². The molecule has 6 nitrogen and oxygen atoms in total. The van der Waals surface area contributed by atoms with Gasteiger partial charge in [-0.15, -0.1) is 0 Å². The van der Waals surface area contributed by atoms with Crippen molar-refractivity contribution in [2.75, 3.05) is 25.6 Å². The van der Waals surface area contributed by atoms with Crippen LogP contribution in [0.3, 0.4) is 0 Å². The molecule has 156 valence electrons. The Morgan fingerprint density at radius 2 is 1.59 bits per heavy atom. The maximum Gasteiger partial charge on any atom is 0.416 e. The zero-order valence-corrected chi connectivity index (χ0v) is 15.6. The Kier molecular flexibility index (Phi) is 7.88. The third-order valence-corrected chi connectivity index (χ3v) is 3.71. The first-order chi connectivity index (χ1) is 13.8. The zero-order valence-electron chi connectivity index (χ0n) is 15.6. The van der Waals surface area contributed by atoms with Gasteiger partial charge in [0, 0.05) is 12.1 Å². The van der Waals surface area contributed by atoms with Gasteiger partial charge in [-0.2, -0.15) is 13.2 Å². The minimum absolute atomic E-state index is 0.0592. The molecule has 0 spiro atoms. The highest BCUT2D eigenvalue weighted by Gasteiger charge is 2.29. The van der Waals surface area contributed by atoms with Gasteiger partial charge in [-0.05, 0) is 55.0 Å². The number of carbonyl (C=O) groups is 2. The minimum atomic E-state index is -4.45. The maximum absolute atomic E-state index is 12.5. The predicted octanol–water partition coefficient (Wildman–Crippen LogP) is 4.05. The lowest BCUT2D eigenvalue weighted by Gasteiger charge is -2.09. The molecule has 0 unspecified atom stereocenters. The largest absolute Gasteiger partial charge is 0.497 e. The zero-order chi connectivity index (χ0) is 21.3. The van der Waals surface area contributed by atoms with E-state index in [4.69, 9.17) is 14.2 Å². The SMILES string of the molecule is COc1ccc(OCCCC(=O)OCC(=O)Nc2ccc(C(F)(F)F)cc2)cc1. The monoisotopic (exact) mass is 411 g/mol. The summed E-state index contributed by atoms with van der Waals surface area (Å²) in [6.45, 7) is -0.238. The van der Waals surface area contributed by atoms with Gasteiger partial charge in [-0.25, -0.2) is 0 Å². The number of methoxy groups -OCH3 is 1. The summed E-state index contributed by atoms with van der Waals surface area (Å²) in [7, 11) is 1.56. The van der Waals surface area contributed by atoms with Crippen LogP contribution in [-0.4, -0.2) is 32.2 Å². The first-order valence-electron chi connectivity index (χ1n) is 8.67. The van der Waals surface area contributed by atoms with E-state index in [9.17, 15) is 22.8 Å². The van der Waals surface area contributed by atoms with E-state index < -0.39 is 30.2 Å². The number of hydrogen-bond acceptors (Lipinski definition) is 5. The van der Waals surface area contributed by atoms with Crippen LogP contribution in [0.2, 0.25) is 0 Å². The van der Waals surface area contributed by atoms with Gasteiger partial charge in [0.05, 0.1) is 19.3 Å². The lowest BCUT2D eigenvalue weighted by Crippen LogP contribution is -2.21. The highest BCUT2D eigenvalue weighted by Crippen LogP contribution is 2.29. The first-order valence-corrected chi connectivity index (χ1v) is 8.67. The second-order valence-electron chi connectivity index (χ2n) is 5.91. The fourth-order valence-electron chi connectivity index (χ4n) is 2.24. The molecule has 0 saturated carbocycles. The van der Waals surface area contributed by atoms with Crippen molar-refractivity contribution >= 4 is 17.6 Å². The Bertz CT molecular complexity index is 804. The summed E-state index contributed by atoms with van der Waals surface area (Å²) in [6, 6.07) is 10.9. The van der Waals surface area contributed by atoms with E-state index in [-0.39, 0.29) is 12.1 Å². The smallest absolute Gasteiger partial charge is 0.416 e. The molecule has 1 N–H and O–H groups in total. The average molecular weight is 411 g/mol. The molecule has 0 atom stereocenters. The van der Waals surface area contributed by atoms with Gasteiger partial charge in [0.2, 0.25) is 0 Å². The molecule has 2 rings (SSSR count). The summed E-state index contributed by atoms with van der Waals surface area (Å²) in [6.07, 6.45) is -4.00. The topological polar surface area (TPSA) is 73.9 Å². The Morgan fingerprint density at radius 1 is 0.966 bits per heavy atom. The van der Waals surface area contributed by atoms with Crippen molar-refractivity contribution in [2.45, 2.75) is 19.0 Å². The summed E-state index contributed by atoms with van der Waals surface area (Å²) in [5.74, 6) is 0.115. The third-order valence-electron chi connectivity index (χ3n) is 3.71. The summed E-state index contributed by atoms with van der Waals surface area (Å²) >= 11 is 0. The van der Waals surface area contributed by atoms with Crippen LogP contribution in [0.4, 0.5) is 18.9 Å². The lowest BCUT2D eigenvalue weighted by molar-refractivity contribution is -0.147. The van der Waals surface area contributed by atoms with Crippen LogP contribution >= 0.6 is 0 Å². The van der Waals surface area contributed by atoms with Gasteiger partial charge in [-0.3, -0.25) is 9.59 Å². The normalized spacial score (nSPS) is 10.9. The highest BCUT2D eigenvalue weighted by molar-refractivity contribution is 5.92. The number of esters is 1. The maximum atomic E-state index is 12.5. The summed E-state index contributed by atoms with van der Waals surface area (Å²) in [5.41, 5.74) is -0.647. The number of amides is 1. The predicted molar refractivity (Wildman–Crippen MR) is 98.8 cm³/mol. The molecule has 2 aromatic rings. The highest BCUT2D eigenvalue weighted by atomic mass is 19.4. The Hall–Kier alpha value is -3.23. The molecule has 0 aromatic heterocycles. The van der Waals surface area contributed by atoms with Crippen molar-refractivity contribution in [2.24, 2.45) is 0 Å². The molecule has 0 radical (unpaired) electrons. The number of anilines is 1. The fraction of sp³-hybridized carbons (Fsp3) is 0.300. The molecule has 2 aromatic carbocycles. The Balaban J connectivity index is 1.63. The Morgan fingerprint density at radius 3 is 2.17 bits per heavy atom. The van der Waals surface area contributed by atoms with E-state index in [1.54, 1.807) is 31.4 Å². The van der Waals surface area contributed by atoms with Crippen molar-refractivity contribution in [3.05, 3.63) is 54.1 Å². The van der Waals surface area contributed by atoms with Gasteiger partial charge in [-0.1, -0.05) is 0 Å². The molecule has 9 heteroatoms. The second kappa shape index (κ2) is 10.4. The number of halogens is 3. The van der Waals surface area contributed by atoms with Gasteiger partial charge in [0.25, 0.3) is 5.91 Å². The molecule has 0 aliphatic heterocycles. The van der Waals surface area contributed by atoms with Crippen LogP contribution in [0.1, 0.15) is 18.4 Å². The van der Waals surface area contributed by atoms with Gasteiger partial charge in [0.15, 0.2) is 6.61 Å². The van der Waals surface area contributed by atoms with E-state index in [2.05, 4.69) is 5.32 Å². The molecule has 29 heavy (non-hydrogen) atoms. The quantitative estimate of drug-likeness (QED) is 0.498. The van der Waals surface area contributed by atoms with Gasteiger partial charge < -0.3 is 19.5 Å². The Labute approximate surface area is 165 Å². The van der Waals surface area contributed by atoms with E-state index in [1.165, 1.54) is 0 Å². The molecule has 0 bridgehead atoms. The molecule has 0 saturated heterocycles. The van der Waals surface area contributed by atoms with Crippen molar-refractivity contribution in [1.29, 1.82) is 0 Å². The van der Waals surface area contributed by atoms with Crippen molar-refractivity contribution in [3.8, 4) is 11.5 Å². The summed E-state index contributed by atoms with van der Waals surface area (Å²) in [4.78, 5) is 23.4. The molecule has 0 aliphatic rings. The van der Waals surface area contributed by atoms with E-state index in [0.717, 1.165) is 24.3 Å². The first kappa shape index (κ1) is 22.1. The van der Waals surface area contributed by atoms with Crippen molar-refractivity contribution in [1.82, 2.24) is 0 Å². The van der Waals surface area contributed by atoms with Crippen LogP contribution in [0, 0.1) is 0 Å². The molecule has 0 fully saturated rings. The van der Waals surface area contributed by atoms with Crippen LogP contribution in [0.5, 0.6) is 11.5 Å². The standard InChI is InChI=1S/C20H20F3NO5/c1-27-16-8-10-17(11-9-16)28-12-2-3-19(26)29-13-18(25)24-15-6-4-14(5-7-15)20(21,22)23/h4-11H,2-3,12-13H2,1H3,(H,24,25). The van der Waals surface area contributed by atoms with Gasteiger partial charge in [0.1, 0.15) is 11.5 Å². The van der Waals surface area contributed by atoms with E-state index in [0.29, 0.717) is 24.5 Å². The number of carbonyl (C=O) groups excluding carboxylic acids is 2. The molecular weight excluding hydrogens is 391 g/mol. The van der Waals surface area contributed by atoms with E-state index in [1.807, 2.05) is 0 Å². The minimum Gasteiger partial charge on any atom is -0.497 e. The third kappa shape index (κ3) is 7.73. The van der Waals surface area contributed by atoms with Crippen molar-refractivity contribution in [3.63, 3.8) is 0 Å². The number of rotatable bonds is 9. The fourth-order valence-corrected chi connectivity index (χ4v) is 2.24. The molecule has 0 heterocycles. The lowest BCUT2D eigenvalue weighted by atomic mass is 10.2. The summed E-state index contributed by atoms with van der Waals surface area (Å²) in [5, 5.41) is 2.36. The van der Waals surface area contributed by atoms with Crippen LogP contribution in [0.15, 0.2) is 48.5 Å². The van der Waals surface area contributed by atoms with Crippen LogP contribution < -0.4 is 14.8 Å². The van der Waals surface area contributed by atoms with E-state index >= 15 is 0 Å². The second-order valence-corrected chi connectivity index (χ2v) is 5.91. The van der Waals surface area contributed by atoms with Gasteiger partial charge >= 0.3 is 12.1 Å². The van der Waals surface area contributed by atoms with Crippen LogP contribution in [-0.2, 0) is 20.5 Å². The number of nitrogens with one attached hydrogen (secondary N) is 1. The molecular formula is C20H20F3NO5.